The van der Waals surface area contributed by atoms with Gasteiger partial charge in [0.15, 0.2) is 5.82 Å². The van der Waals surface area contributed by atoms with Crippen LogP contribution in [0.15, 0.2) is 42.9 Å². The Morgan fingerprint density at radius 2 is 1.92 bits per heavy atom. The summed E-state index contributed by atoms with van der Waals surface area (Å²) in [6.45, 7) is 7.45. The first-order valence-corrected chi connectivity index (χ1v) is 13.0. The van der Waals surface area contributed by atoms with Crippen LogP contribution in [-0.4, -0.2) is 62.9 Å². The Morgan fingerprint density at radius 1 is 1.14 bits per heavy atom. The van der Waals surface area contributed by atoms with Crippen molar-refractivity contribution in [3.8, 4) is 11.9 Å². The molecule has 4 heterocycles. The van der Waals surface area contributed by atoms with Crippen LogP contribution >= 0.6 is 0 Å². The molecule has 3 aromatic rings. The highest BCUT2D eigenvalue weighted by molar-refractivity contribution is 6.04. The van der Waals surface area contributed by atoms with Gasteiger partial charge >= 0.3 is 0 Å². The van der Waals surface area contributed by atoms with Crippen LogP contribution in [0.5, 0.6) is 0 Å². The lowest BCUT2D eigenvalue weighted by Crippen LogP contribution is -2.47. The Balaban J connectivity index is 1.24. The fourth-order valence-corrected chi connectivity index (χ4v) is 5.39. The summed E-state index contributed by atoms with van der Waals surface area (Å²) in [5.41, 5.74) is 3.11. The van der Waals surface area contributed by atoms with E-state index in [0.29, 0.717) is 28.8 Å². The van der Waals surface area contributed by atoms with Gasteiger partial charge in [-0.25, -0.2) is 9.67 Å². The molecule has 1 aliphatic carbocycles. The Kier molecular flexibility index (Phi) is 7.31. The second kappa shape index (κ2) is 10.8. The number of carbonyl (C=O) groups excluding carboxylic acids is 1. The molecule has 3 aromatic heterocycles. The largest absolute Gasteiger partial charge is 0.379 e. The molecule has 0 atom stereocenters. The lowest BCUT2D eigenvalue weighted by molar-refractivity contribution is 0.00493. The van der Waals surface area contributed by atoms with Crippen LogP contribution in [-0.2, 0) is 16.6 Å². The minimum absolute atomic E-state index is 0.260. The van der Waals surface area contributed by atoms with Crippen molar-refractivity contribution in [2.24, 2.45) is 0 Å². The zero-order chi connectivity index (χ0) is 25.8. The summed E-state index contributed by atoms with van der Waals surface area (Å²) in [6, 6.07) is 10.7. The lowest BCUT2D eigenvalue weighted by Gasteiger charge is -2.41. The summed E-state index contributed by atoms with van der Waals surface area (Å²) >= 11 is 0. The number of morpholine rings is 1. The summed E-state index contributed by atoms with van der Waals surface area (Å²) in [5.74, 6) is 0.411. The molecule has 2 aliphatic rings. The van der Waals surface area contributed by atoms with Gasteiger partial charge in [0.1, 0.15) is 0 Å². The Labute approximate surface area is 217 Å². The summed E-state index contributed by atoms with van der Waals surface area (Å²) in [6.07, 6.45) is 9.47. The minimum atomic E-state index is -0.580. The highest BCUT2D eigenvalue weighted by atomic mass is 16.5. The Hall–Kier alpha value is -3.61. The molecule has 5 rings (SSSR count). The van der Waals surface area contributed by atoms with Crippen molar-refractivity contribution in [1.29, 1.82) is 5.26 Å². The van der Waals surface area contributed by atoms with E-state index < -0.39 is 5.41 Å². The number of amides is 1. The average molecular weight is 500 g/mol. The number of nitrogens with one attached hydrogen (secondary N) is 1. The van der Waals surface area contributed by atoms with E-state index in [-0.39, 0.29) is 5.91 Å². The second-order valence-corrected chi connectivity index (χ2v) is 9.89. The van der Waals surface area contributed by atoms with E-state index in [1.807, 2.05) is 37.4 Å². The molecule has 0 unspecified atom stereocenters. The van der Waals surface area contributed by atoms with Gasteiger partial charge in [-0.1, -0.05) is 13.0 Å². The van der Waals surface area contributed by atoms with Crippen LogP contribution in [0.25, 0.3) is 5.82 Å². The fourth-order valence-electron chi connectivity index (χ4n) is 5.39. The molecular weight excluding hydrogens is 466 g/mol. The minimum Gasteiger partial charge on any atom is -0.379 e. The quantitative estimate of drug-likeness (QED) is 0.549. The molecule has 1 saturated carbocycles. The number of aryl methyl sites for hydroxylation is 1. The van der Waals surface area contributed by atoms with E-state index in [1.54, 1.807) is 17.1 Å². The van der Waals surface area contributed by atoms with E-state index in [0.717, 1.165) is 69.7 Å². The normalized spacial score (nSPS) is 22.4. The molecule has 1 aliphatic heterocycles. The Morgan fingerprint density at radius 3 is 2.54 bits per heavy atom. The van der Waals surface area contributed by atoms with Crippen molar-refractivity contribution in [1.82, 2.24) is 24.6 Å². The predicted octanol–water partition coefficient (Wildman–Crippen LogP) is 3.82. The van der Waals surface area contributed by atoms with Crippen LogP contribution in [0.3, 0.4) is 0 Å². The molecule has 37 heavy (non-hydrogen) atoms. The van der Waals surface area contributed by atoms with Gasteiger partial charge in [0.2, 0.25) is 0 Å². The predicted molar refractivity (Wildman–Crippen MR) is 140 cm³/mol. The number of hydrogen-bond acceptors (Lipinski definition) is 7. The second-order valence-electron chi connectivity index (χ2n) is 9.89. The average Bonchev–Trinajstić information content (AvgIpc) is 3.35. The van der Waals surface area contributed by atoms with Crippen molar-refractivity contribution in [3.63, 3.8) is 0 Å². The summed E-state index contributed by atoms with van der Waals surface area (Å²) in [5, 5.41) is 17.4. The number of hydrogen-bond donors (Lipinski definition) is 1. The first kappa shape index (κ1) is 25.1. The molecule has 9 heteroatoms. The van der Waals surface area contributed by atoms with E-state index in [9.17, 15) is 10.1 Å². The van der Waals surface area contributed by atoms with Crippen LogP contribution in [0.4, 0.5) is 5.69 Å². The van der Waals surface area contributed by atoms with Crippen molar-refractivity contribution >= 4 is 11.6 Å². The summed E-state index contributed by atoms with van der Waals surface area (Å²) in [7, 11) is 0. The molecule has 9 nitrogen and oxygen atoms in total. The molecular formula is C28H33N7O2. The number of rotatable bonds is 6. The maximum atomic E-state index is 13.0. The highest BCUT2D eigenvalue weighted by Gasteiger charge is 2.40. The number of ether oxygens (including phenoxy) is 1. The first-order valence-electron chi connectivity index (χ1n) is 13.0. The van der Waals surface area contributed by atoms with Gasteiger partial charge in [-0.05, 0) is 62.8 Å². The number of anilines is 1. The van der Waals surface area contributed by atoms with Gasteiger partial charge in [-0.3, -0.25) is 14.7 Å². The van der Waals surface area contributed by atoms with Crippen LogP contribution < -0.4 is 5.32 Å². The number of carbonyl (C=O) groups is 1. The van der Waals surface area contributed by atoms with Crippen LogP contribution in [0.1, 0.15) is 59.9 Å². The summed E-state index contributed by atoms with van der Waals surface area (Å²) in [4.78, 5) is 24.6. The SMILES string of the molecule is CCc1ccc(-n2ncc(C(=O)Nc3ccc([C@]4(C#N)CC[C@@H](N5CCOCC5)CC4)nc3)c2C)nc1. The molecule has 0 spiro atoms. The van der Waals surface area contributed by atoms with Gasteiger partial charge in [0.25, 0.3) is 5.91 Å². The topological polar surface area (TPSA) is 109 Å². The van der Waals surface area contributed by atoms with E-state index in [1.165, 1.54) is 0 Å². The van der Waals surface area contributed by atoms with Crippen LogP contribution in [0, 0.1) is 18.3 Å². The van der Waals surface area contributed by atoms with Gasteiger partial charge in [-0.15, -0.1) is 0 Å². The fraction of sp³-hybridized carbons (Fsp3) is 0.464. The first-order chi connectivity index (χ1) is 18.0. The van der Waals surface area contributed by atoms with Gasteiger partial charge in [-0.2, -0.15) is 10.4 Å². The molecule has 0 radical (unpaired) electrons. The molecule has 2 fully saturated rings. The molecule has 1 amide bonds. The third kappa shape index (κ3) is 5.13. The zero-order valence-electron chi connectivity index (χ0n) is 21.5. The summed E-state index contributed by atoms with van der Waals surface area (Å²) < 4.78 is 7.15. The monoisotopic (exact) mass is 499 g/mol. The van der Waals surface area contributed by atoms with E-state index >= 15 is 0 Å². The van der Waals surface area contributed by atoms with Crippen molar-refractivity contribution in [3.05, 3.63) is 65.4 Å². The zero-order valence-corrected chi connectivity index (χ0v) is 21.5. The van der Waals surface area contributed by atoms with E-state index in [2.05, 4.69) is 38.3 Å². The van der Waals surface area contributed by atoms with Gasteiger partial charge < -0.3 is 10.1 Å². The van der Waals surface area contributed by atoms with Gasteiger partial charge in [0, 0.05) is 25.3 Å². The number of aromatic nitrogens is 4. The number of nitrogens with zero attached hydrogens (tertiary/aromatic N) is 6. The van der Waals surface area contributed by atoms with Gasteiger partial charge in [0.05, 0.1) is 59.7 Å². The Bertz CT molecular complexity index is 1260. The smallest absolute Gasteiger partial charge is 0.259 e. The maximum Gasteiger partial charge on any atom is 0.259 e. The molecule has 0 bridgehead atoms. The van der Waals surface area contributed by atoms with Crippen molar-refractivity contribution in [2.45, 2.75) is 57.4 Å². The number of pyridine rings is 2. The molecule has 192 valence electrons. The number of nitriles is 1. The maximum absolute atomic E-state index is 13.0. The molecule has 1 saturated heterocycles. The van der Waals surface area contributed by atoms with Crippen molar-refractivity contribution < 1.29 is 9.53 Å². The van der Waals surface area contributed by atoms with Crippen molar-refractivity contribution in [2.75, 3.05) is 31.6 Å². The lowest BCUT2D eigenvalue weighted by atomic mass is 9.71. The highest BCUT2D eigenvalue weighted by Crippen LogP contribution is 2.40. The molecule has 1 N–H and O–H groups in total. The standard InChI is InChI=1S/C28H33N7O2/c1-3-21-4-7-26(31-16-21)35-20(2)24(18-32-35)27(36)33-22-5-6-25(30-17-22)28(19-29)10-8-23(9-11-28)34-12-14-37-15-13-34/h4-7,16-18,23H,3,8-15H2,1-2H3,(H,33,36)/t23-,28-. The van der Waals surface area contributed by atoms with E-state index in [4.69, 9.17) is 4.74 Å². The third-order valence-electron chi connectivity index (χ3n) is 7.79. The third-order valence-corrected chi connectivity index (χ3v) is 7.79. The van der Waals surface area contributed by atoms with Crippen LogP contribution in [0.2, 0.25) is 0 Å². The molecule has 0 aromatic carbocycles.